The van der Waals surface area contributed by atoms with Crippen LogP contribution in [0.3, 0.4) is 0 Å². The molecule has 2 N–H and O–H groups in total. The van der Waals surface area contributed by atoms with Gasteiger partial charge in [0, 0.05) is 17.9 Å². The Labute approximate surface area is 121 Å². The third-order valence-corrected chi connectivity index (χ3v) is 4.53. The number of carbonyl (C=O) groups excluding carboxylic acids is 1. The van der Waals surface area contributed by atoms with Gasteiger partial charge < -0.3 is 15.4 Å². The number of rotatable bonds is 2. The Kier molecular flexibility index (Phi) is 3.14. The van der Waals surface area contributed by atoms with Gasteiger partial charge in [0.05, 0.1) is 7.11 Å². The van der Waals surface area contributed by atoms with Crippen molar-refractivity contribution >= 4 is 28.6 Å². The third kappa shape index (κ3) is 1.94. The van der Waals surface area contributed by atoms with Crippen LogP contribution in [0.5, 0.6) is 5.75 Å². The summed E-state index contributed by atoms with van der Waals surface area (Å²) in [4.78, 5) is 15.1. The van der Waals surface area contributed by atoms with Gasteiger partial charge in [-0.1, -0.05) is 6.07 Å². The van der Waals surface area contributed by atoms with Gasteiger partial charge in [0.25, 0.3) is 5.91 Å². The Bertz CT molecular complexity index is 679. The van der Waals surface area contributed by atoms with Crippen LogP contribution < -0.4 is 15.4 Å². The van der Waals surface area contributed by atoms with E-state index in [2.05, 4.69) is 6.07 Å². The molecule has 0 unspecified atom stereocenters. The minimum atomic E-state index is -0.0150. The first kappa shape index (κ1) is 13.0. The standard InChI is InChI=1S/C15H16N2O2S/c1-9-7-10-3-5-17(12(10)8-11(9)16)15(18)14-13(19-2)4-6-20-14/h4,6-8H,3,5,16H2,1-2H3. The molecule has 104 valence electrons. The highest BCUT2D eigenvalue weighted by molar-refractivity contribution is 7.12. The summed E-state index contributed by atoms with van der Waals surface area (Å²) < 4.78 is 5.24. The second-order valence-corrected chi connectivity index (χ2v) is 5.78. The zero-order valence-corrected chi connectivity index (χ0v) is 12.3. The Morgan fingerprint density at radius 2 is 2.25 bits per heavy atom. The molecule has 2 aromatic rings. The minimum Gasteiger partial charge on any atom is -0.495 e. The summed E-state index contributed by atoms with van der Waals surface area (Å²) in [5.41, 5.74) is 9.86. The molecule has 0 bridgehead atoms. The summed E-state index contributed by atoms with van der Waals surface area (Å²) in [5.74, 6) is 0.618. The first-order valence-electron chi connectivity index (χ1n) is 6.44. The Morgan fingerprint density at radius 3 is 3.00 bits per heavy atom. The number of nitrogens with zero attached hydrogens (tertiary/aromatic N) is 1. The molecular weight excluding hydrogens is 272 g/mol. The average Bonchev–Trinajstić information content (AvgIpc) is 3.05. The summed E-state index contributed by atoms with van der Waals surface area (Å²) in [6.45, 7) is 2.68. The molecule has 0 saturated carbocycles. The van der Waals surface area contributed by atoms with Gasteiger partial charge in [0.1, 0.15) is 10.6 Å². The summed E-state index contributed by atoms with van der Waals surface area (Å²) in [7, 11) is 1.58. The van der Waals surface area contributed by atoms with Crippen LogP contribution in [0.25, 0.3) is 0 Å². The van der Waals surface area contributed by atoms with E-state index in [4.69, 9.17) is 10.5 Å². The fraction of sp³-hybridized carbons (Fsp3) is 0.267. The van der Waals surface area contributed by atoms with E-state index in [-0.39, 0.29) is 5.91 Å². The first-order chi connectivity index (χ1) is 9.61. The van der Waals surface area contributed by atoms with Crippen LogP contribution >= 0.6 is 11.3 Å². The number of nitrogen functional groups attached to an aromatic ring is 1. The fourth-order valence-electron chi connectivity index (χ4n) is 2.52. The highest BCUT2D eigenvalue weighted by Gasteiger charge is 2.28. The molecule has 0 atom stereocenters. The van der Waals surface area contributed by atoms with E-state index in [1.165, 1.54) is 16.9 Å². The highest BCUT2D eigenvalue weighted by Crippen LogP contribution is 2.35. The molecule has 1 aromatic carbocycles. The number of hydrogen-bond acceptors (Lipinski definition) is 4. The maximum atomic E-state index is 12.7. The van der Waals surface area contributed by atoms with Gasteiger partial charge in [-0.05, 0) is 42.0 Å². The van der Waals surface area contributed by atoms with E-state index in [0.717, 1.165) is 23.4 Å². The van der Waals surface area contributed by atoms with Crippen LogP contribution in [0.2, 0.25) is 0 Å². The molecule has 20 heavy (non-hydrogen) atoms. The van der Waals surface area contributed by atoms with Crippen LogP contribution in [0.1, 0.15) is 20.8 Å². The molecule has 3 rings (SSSR count). The number of hydrogen-bond donors (Lipinski definition) is 1. The quantitative estimate of drug-likeness (QED) is 0.865. The topological polar surface area (TPSA) is 55.6 Å². The van der Waals surface area contributed by atoms with Crippen molar-refractivity contribution in [1.29, 1.82) is 0 Å². The molecule has 0 aliphatic carbocycles. The summed E-state index contributed by atoms with van der Waals surface area (Å²) >= 11 is 1.40. The molecule has 2 heterocycles. The first-order valence-corrected chi connectivity index (χ1v) is 7.32. The van der Waals surface area contributed by atoms with Crippen LogP contribution in [-0.4, -0.2) is 19.6 Å². The number of thiophene rings is 1. The third-order valence-electron chi connectivity index (χ3n) is 3.65. The van der Waals surface area contributed by atoms with Crippen molar-refractivity contribution in [3.63, 3.8) is 0 Å². The summed E-state index contributed by atoms with van der Waals surface area (Å²) in [6.07, 6.45) is 0.871. The summed E-state index contributed by atoms with van der Waals surface area (Å²) in [6, 6.07) is 5.79. The second-order valence-electron chi connectivity index (χ2n) is 4.86. The van der Waals surface area contributed by atoms with Crippen molar-refractivity contribution < 1.29 is 9.53 Å². The van der Waals surface area contributed by atoms with Crippen molar-refractivity contribution in [3.05, 3.63) is 39.6 Å². The molecule has 0 radical (unpaired) electrons. The van der Waals surface area contributed by atoms with Crippen LogP contribution in [-0.2, 0) is 6.42 Å². The van der Waals surface area contributed by atoms with Crippen LogP contribution in [0, 0.1) is 6.92 Å². The number of aryl methyl sites for hydroxylation is 1. The fourth-order valence-corrected chi connectivity index (χ4v) is 3.33. The molecule has 0 fully saturated rings. The Morgan fingerprint density at radius 1 is 1.45 bits per heavy atom. The van der Waals surface area contributed by atoms with Gasteiger partial charge in [-0.2, -0.15) is 0 Å². The van der Waals surface area contributed by atoms with Crippen molar-refractivity contribution in [2.45, 2.75) is 13.3 Å². The van der Waals surface area contributed by atoms with Gasteiger partial charge in [-0.15, -0.1) is 11.3 Å². The van der Waals surface area contributed by atoms with E-state index in [0.29, 0.717) is 17.2 Å². The van der Waals surface area contributed by atoms with Gasteiger partial charge in [0.2, 0.25) is 0 Å². The monoisotopic (exact) mass is 288 g/mol. The predicted octanol–water partition coefficient (Wildman–Crippen LogP) is 2.85. The lowest BCUT2D eigenvalue weighted by molar-refractivity contribution is 0.0990. The van der Waals surface area contributed by atoms with Gasteiger partial charge in [-0.3, -0.25) is 4.79 Å². The molecule has 1 aromatic heterocycles. The SMILES string of the molecule is COc1ccsc1C(=O)N1CCc2cc(C)c(N)cc21. The van der Waals surface area contributed by atoms with Crippen molar-refractivity contribution in [2.24, 2.45) is 0 Å². The molecule has 5 heteroatoms. The second kappa shape index (κ2) is 4.83. The van der Waals surface area contributed by atoms with Crippen molar-refractivity contribution in [2.75, 3.05) is 24.3 Å². The zero-order chi connectivity index (χ0) is 14.3. The molecule has 0 spiro atoms. The molecular formula is C15H16N2O2S. The summed E-state index contributed by atoms with van der Waals surface area (Å²) in [5, 5.41) is 1.87. The van der Waals surface area contributed by atoms with E-state index in [9.17, 15) is 4.79 Å². The number of anilines is 2. The zero-order valence-electron chi connectivity index (χ0n) is 11.5. The van der Waals surface area contributed by atoms with Crippen LogP contribution in [0.15, 0.2) is 23.6 Å². The number of ether oxygens (including phenoxy) is 1. The lowest BCUT2D eigenvalue weighted by atomic mass is 10.1. The maximum Gasteiger partial charge on any atom is 0.272 e. The van der Waals surface area contributed by atoms with Crippen molar-refractivity contribution in [1.82, 2.24) is 0 Å². The van der Waals surface area contributed by atoms with E-state index < -0.39 is 0 Å². The number of nitrogens with two attached hydrogens (primary N) is 1. The van der Waals surface area contributed by atoms with E-state index in [1.807, 2.05) is 24.4 Å². The minimum absolute atomic E-state index is 0.0150. The number of amides is 1. The van der Waals surface area contributed by atoms with Crippen LogP contribution in [0.4, 0.5) is 11.4 Å². The van der Waals surface area contributed by atoms with Gasteiger partial charge in [-0.25, -0.2) is 0 Å². The molecule has 1 aliphatic heterocycles. The predicted molar refractivity (Wildman–Crippen MR) is 81.8 cm³/mol. The molecule has 1 aliphatic rings. The van der Waals surface area contributed by atoms with E-state index >= 15 is 0 Å². The maximum absolute atomic E-state index is 12.7. The smallest absolute Gasteiger partial charge is 0.272 e. The molecule has 4 nitrogen and oxygen atoms in total. The Hall–Kier alpha value is -2.01. The molecule has 1 amide bonds. The van der Waals surface area contributed by atoms with Gasteiger partial charge >= 0.3 is 0 Å². The number of carbonyl (C=O) groups is 1. The number of benzene rings is 1. The average molecular weight is 288 g/mol. The van der Waals surface area contributed by atoms with Gasteiger partial charge in [0.15, 0.2) is 0 Å². The Balaban J connectivity index is 1.99. The number of methoxy groups -OCH3 is 1. The highest BCUT2D eigenvalue weighted by atomic mass is 32.1. The lowest BCUT2D eigenvalue weighted by Gasteiger charge is -2.18. The molecule has 0 saturated heterocycles. The van der Waals surface area contributed by atoms with E-state index in [1.54, 1.807) is 12.0 Å². The number of fused-ring (bicyclic) bond motifs is 1. The largest absolute Gasteiger partial charge is 0.495 e. The lowest BCUT2D eigenvalue weighted by Crippen LogP contribution is -2.28. The van der Waals surface area contributed by atoms with Crippen molar-refractivity contribution in [3.8, 4) is 5.75 Å². The normalized spacial score (nSPS) is 13.4.